The number of carbonyl (C=O) groups excluding carboxylic acids is 3. The number of halogens is 2. The molecule has 0 bridgehead atoms. The number of rotatable bonds is 5. The van der Waals surface area contributed by atoms with E-state index < -0.39 is 23.9 Å². The number of hydrogen-bond acceptors (Lipinski definition) is 5. The maximum atomic E-state index is 13.3. The Morgan fingerprint density at radius 2 is 1.71 bits per heavy atom. The van der Waals surface area contributed by atoms with E-state index in [2.05, 4.69) is 10.2 Å². The number of aromatic nitrogens is 3. The largest absolute Gasteiger partial charge is 0.337 e. The van der Waals surface area contributed by atoms with Crippen molar-refractivity contribution in [2.45, 2.75) is 58.8 Å². The van der Waals surface area contributed by atoms with Crippen molar-refractivity contribution in [3.8, 4) is 0 Å². The highest BCUT2D eigenvalue weighted by Crippen LogP contribution is 2.40. The van der Waals surface area contributed by atoms with Crippen molar-refractivity contribution in [1.82, 2.24) is 19.9 Å². The highest BCUT2D eigenvalue weighted by atomic mass is 19.3. The number of piperidine rings is 1. The average Bonchev–Trinajstić information content (AvgIpc) is 3.28. The number of benzene rings is 1. The van der Waals surface area contributed by atoms with Gasteiger partial charge in [-0.2, -0.15) is 9.90 Å². The first-order valence-corrected chi connectivity index (χ1v) is 11.7. The minimum Gasteiger partial charge on any atom is -0.337 e. The molecular formula is C25H30F2N4O3. The molecule has 0 radical (unpaired) electrons. The fraction of sp³-hybridized carbons (Fsp3) is 0.560. The fourth-order valence-electron chi connectivity index (χ4n) is 5.65. The Labute approximate surface area is 197 Å². The predicted octanol–water partition coefficient (Wildman–Crippen LogP) is 3.86. The molecule has 1 saturated carbocycles. The third-order valence-electron chi connectivity index (χ3n) is 7.15. The van der Waals surface area contributed by atoms with Gasteiger partial charge in [-0.05, 0) is 62.6 Å². The highest BCUT2D eigenvalue weighted by Gasteiger charge is 2.44. The van der Waals surface area contributed by atoms with Gasteiger partial charge in [-0.1, -0.05) is 17.7 Å². The number of likely N-dealkylation sites (tertiary alicyclic amines) is 1. The molecule has 2 aliphatic rings. The molecule has 9 heteroatoms. The van der Waals surface area contributed by atoms with Gasteiger partial charge in [0.1, 0.15) is 11.7 Å². The Morgan fingerprint density at radius 1 is 1.09 bits per heavy atom. The first-order valence-electron chi connectivity index (χ1n) is 11.7. The summed E-state index contributed by atoms with van der Waals surface area (Å²) >= 11 is 0. The Bertz CT molecular complexity index is 1110. The van der Waals surface area contributed by atoms with Crippen LogP contribution in [0.15, 0.2) is 12.1 Å². The molecule has 7 nitrogen and oxygen atoms in total. The van der Waals surface area contributed by atoms with Gasteiger partial charge in [0.2, 0.25) is 0 Å². The zero-order chi connectivity index (χ0) is 24.7. The lowest BCUT2D eigenvalue weighted by atomic mass is 9.83. The van der Waals surface area contributed by atoms with E-state index in [0.29, 0.717) is 32.4 Å². The number of nitrogens with zero attached hydrogens (tertiary/aromatic N) is 4. The molecule has 34 heavy (non-hydrogen) atoms. The van der Waals surface area contributed by atoms with Crippen molar-refractivity contribution in [3.05, 3.63) is 45.8 Å². The van der Waals surface area contributed by atoms with Crippen molar-refractivity contribution < 1.29 is 23.2 Å². The Hall–Kier alpha value is -2.97. The summed E-state index contributed by atoms with van der Waals surface area (Å²) in [4.78, 5) is 41.4. The maximum Gasteiger partial charge on any atom is 0.284 e. The molecule has 1 aliphatic carbocycles. The van der Waals surface area contributed by atoms with Crippen molar-refractivity contribution >= 4 is 17.5 Å². The van der Waals surface area contributed by atoms with Crippen LogP contribution in [-0.4, -0.2) is 50.5 Å². The SMILES string of the molecule is Cc1cc(C)c(C2C(=O)CC(CC3CCN(C(=O)c4nn(C)nc4C(F)F)CC3)C2=O)c(C)c1. The molecule has 2 aromatic rings. The number of hydrogen-bond donors (Lipinski definition) is 0. The number of Topliss-reactive ketones (excluding diaryl/α,β-unsaturated/α-hetero) is 2. The summed E-state index contributed by atoms with van der Waals surface area (Å²) in [5.41, 5.74) is 3.00. The zero-order valence-electron chi connectivity index (χ0n) is 20.0. The smallest absolute Gasteiger partial charge is 0.284 e. The van der Waals surface area contributed by atoms with Gasteiger partial charge in [0, 0.05) is 32.5 Å². The Morgan fingerprint density at radius 3 is 2.29 bits per heavy atom. The van der Waals surface area contributed by atoms with Crippen LogP contribution in [0.5, 0.6) is 0 Å². The lowest BCUT2D eigenvalue weighted by molar-refractivity contribution is -0.125. The van der Waals surface area contributed by atoms with Gasteiger partial charge in [-0.15, -0.1) is 5.10 Å². The van der Waals surface area contributed by atoms with Gasteiger partial charge in [0.15, 0.2) is 17.2 Å². The van der Waals surface area contributed by atoms with E-state index in [1.165, 1.54) is 11.9 Å². The minimum atomic E-state index is -2.87. The Kier molecular flexibility index (Phi) is 6.64. The molecular weight excluding hydrogens is 442 g/mol. The van der Waals surface area contributed by atoms with Crippen LogP contribution in [0.1, 0.15) is 76.5 Å². The first-order chi connectivity index (χ1) is 16.1. The summed E-state index contributed by atoms with van der Waals surface area (Å²) in [6, 6.07) is 4.03. The molecule has 1 aromatic heterocycles. The summed E-state index contributed by atoms with van der Waals surface area (Å²) in [5, 5.41) is 7.45. The topological polar surface area (TPSA) is 85.2 Å². The maximum absolute atomic E-state index is 13.3. The van der Waals surface area contributed by atoms with Gasteiger partial charge in [-0.25, -0.2) is 8.78 Å². The van der Waals surface area contributed by atoms with Gasteiger partial charge in [-0.3, -0.25) is 14.4 Å². The fourth-order valence-corrected chi connectivity index (χ4v) is 5.65. The van der Waals surface area contributed by atoms with Crippen LogP contribution in [0.3, 0.4) is 0 Å². The monoisotopic (exact) mass is 472 g/mol. The standard InChI is InChI=1S/C25H30F2N4O3/c1-13-9-14(2)19(15(3)10-13)20-18(32)12-17(23(20)33)11-16-5-7-31(8-6-16)25(34)22-21(24(26)27)28-30(4)29-22/h9-10,16-17,20,24H,5-8,11-12H2,1-4H3. The van der Waals surface area contributed by atoms with Gasteiger partial charge in [0.05, 0.1) is 0 Å². The molecule has 1 saturated heterocycles. The summed E-state index contributed by atoms with van der Waals surface area (Å²) in [6.07, 6.45) is -0.694. The third kappa shape index (κ3) is 4.52. The number of ketones is 2. The molecule has 4 rings (SSSR count). The summed E-state index contributed by atoms with van der Waals surface area (Å²) in [5.74, 6) is -1.35. The van der Waals surface area contributed by atoms with E-state index in [4.69, 9.17) is 0 Å². The molecule has 2 fully saturated rings. The average molecular weight is 473 g/mol. The van der Waals surface area contributed by atoms with E-state index in [1.807, 2.05) is 32.9 Å². The van der Waals surface area contributed by atoms with E-state index in [1.54, 1.807) is 0 Å². The molecule has 182 valence electrons. The van der Waals surface area contributed by atoms with Crippen LogP contribution in [-0.2, 0) is 16.6 Å². The van der Waals surface area contributed by atoms with E-state index >= 15 is 0 Å². The van der Waals surface area contributed by atoms with Crippen molar-refractivity contribution in [2.75, 3.05) is 13.1 Å². The van der Waals surface area contributed by atoms with Crippen LogP contribution in [0, 0.1) is 32.6 Å². The quantitative estimate of drug-likeness (QED) is 0.617. The highest BCUT2D eigenvalue weighted by molar-refractivity contribution is 6.15. The second kappa shape index (κ2) is 9.35. The minimum absolute atomic E-state index is 0.000283. The zero-order valence-corrected chi connectivity index (χ0v) is 20.0. The molecule has 1 aromatic carbocycles. The molecule has 2 unspecified atom stereocenters. The molecule has 0 N–H and O–H groups in total. The summed E-state index contributed by atoms with van der Waals surface area (Å²) in [6.45, 7) is 6.70. The number of carbonyl (C=O) groups is 3. The molecule has 2 atom stereocenters. The van der Waals surface area contributed by atoms with E-state index in [0.717, 1.165) is 27.1 Å². The Balaban J connectivity index is 1.39. The van der Waals surface area contributed by atoms with Crippen LogP contribution >= 0.6 is 0 Å². The summed E-state index contributed by atoms with van der Waals surface area (Å²) in [7, 11) is 1.40. The predicted molar refractivity (Wildman–Crippen MR) is 121 cm³/mol. The molecule has 1 amide bonds. The van der Waals surface area contributed by atoms with E-state index in [-0.39, 0.29) is 35.5 Å². The second-order valence-corrected chi connectivity index (χ2v) is 9.71. The number of alkyl halides is 2. The van der Waals surface area contributed by atoms with Crippen molar-refractivity contribution in [2.24, 2.45) is 18.9 Å². The van der Waals surface area contributed by atoms with Crippen LogP contribution < -0.4 is 0 Å². The lowest BCUT2D eigenvalue weighted by Gasteiger charge is -2.32. The number of amides is 1. The van der Waals surface area contributed by atoms with Gasteiger partial charge in [0.25, 0.3) is 12.3 Å². The van der Waals surface area contributed by atoms with Crippen LogP contribution in [0.4, 0.5) is 8.78 Å². The molecule has 1 aliphatic heterocycles. The molecule has 2 heterocycles. The van der Waals surface area contributed by atoms with Crippen LogP contribution in [0.25, 0.3) is 0 Å². The second-order valence-electron chi connectivity index (χ2n) is 9.71. The van der Waals surface area contributed by atoms with Crippen molar-refractivity contribution in [1.29, 1.82) is 0 Å². The first kappa shape index (κ1) is 24.2. The van der Waals surface area contributed by atoms with Crippen molar-refractivity contribution in [3.63, 3.8) is 0 Å². The third-order valence-corrected chi connectivity index (χ3v) is 7.15. The number of aryl methyl sites for hydroxylation is 4. The van der Waals surface area contributed by atoms with E-state index in [9.17, 15) is 23.2 Å². The lowest BCUT2D eigenvalue weighted by Crippen LogP contribution is -2.39. The molecule has 0 spiro atoms. The van der Waals surface area contributed by atoms with Gasteiger partial charge < -0.3 is 4.90 Å². The normalized spacial score (nSPS) is 21.7. The van der Waals surface area contributed by atoms with Gasteiger partial charge >= 0.3 is 0 Å². The summed E-state index contributed by atoms with van der Waals surface area (Å²) < 4.78 is 26.4. The van der Waals surface area contributed by atoms with Crippen LogP contribution in [0.2, 0.25) is 0 Å².